The highest BCUT2D eigenvalue weighted by molar-refractivity contribution is 6.31. The number of benzene rings is 1. The second-order valence-corrected chi connectivity index (χ2v) is 3.82. The van der Waals surface area contributed by atoms with Crippen LogP contribution in [0.3, 0.4) is 0 Å². The van der Waals surface area contributed by atoms with Crippen molar-refractivity contribution in [1.29, 1.82) is 0 Å². The zero-order valence-electron chi connectivity index (χ0n) is 9.24. The van der Waals surface area contributed by atoms with Gasteiger partial charge >= 0.3 is 0 Å². The molecule has 5 heteroatoms. The van der Waals surface area contributed by atoms with E-state index in [1.165, 1.54) is 23.1 Å². The van der Waals surface area contributed by atoms with Crippen LogP contribution >= 0.6 is 11.6 Å². The van der Waals surface area contributed by atoms with Gasteiger partial charge in [-0.25, -0.2) is 0 Å². The fourth-order valence-electron chi connectivity index (χ4n) is 1.21. The number of carbonyl (C=O) groups excluding carboxylic acids is 1. The third-order valence-electron chi connectivity index (χ3n) is 2.17. The molecule has 0 atom stereocenters. The zero-order chi connectivity index (χ0) is 12.1. The van der Waals surface area contributed by atoms with Crippen LogP contribution in [0.25, 0.3) is 0 Å². The first-order valence-electron chi connectivity index (χ1n) is 4.79. The highest BCUT2D eigenvalue weighted by Gasteiger charge is 2.15. The van der Waals surface area contributed by atoms with Crippen molar-refractivity contribution in [1.82, 2.24) is 4.90 Å². The predicted molar refractivity (Wildman–Crippen MR) is 62.0 cm³/mol. The maximum Gasteiger partial charge on any atom is 0.257 e. The van der Waals surface area contributed by atoms with Crippen LogP contribution in [0.1, 0.15) is 10.4 Å². The Morgan fingerprint density at radius 2 is 2.25 bits per heavy atom. The number of carbonyl (C=O) groups is 1. The summed E-state index contributed by atoms with van der Waals surface area (Å²) in [6.45, 7) is 0.908. The minimum atomic E-state index is -0.281. The smallest absolute Gasteiger partial charge is 0.257 e. The van der Waals surface area contributed by atoms with Crippen LogP contribution in [0.2, 0.25) is 5.02 Å². The Balaban J connectivity index is 2.83. The second-order valence-electron chi connectivity index (χ2n) is 3.38. The molecule has 0 bridgehead atoms. The van der Waals surface area contributed by atoms with Crippen molar-refractivity contribution in [3.63, 3.8) is 0 Å². The van der Waals surface area contributed by atoms with Crippen LogP contribution in [-0.4, -0.2) is 43.2 Å². The molecule has 1 aromatic rings. The molecule has 0 fully saturated rings. The summed E-state index contributed by atoms with van der Waals surface area (Å²) in [5, 5.41) is 9.96. The van der Waals surface area contributed by atoms with E-state index >= 15 is 0 Å². The van der Waals surface area contributed by atoms with Crippen LogP contribution in [0.15, 0.2) is 18.2 Å². The normalized spacial score (nSPS) is 10.2. The fourth-order valence-corrected chi connectivity index (χ4v) is 1.39. The molecule has 0 radical (unpaired) electrons. The lowest BCUT2D eigenvalue weighted by Crippen LogP contribution is -2.29. The average Bonchev–Trinajstić information content (AvgIpc) is 2.28. The molecule has 0 heterocycles. The van der Waals surface area contributed by atoms with Gasteiger partial charge in [0.2, 0.25) is 0 Å². The van der Waals surface area contributed by atoms with Gasteiger partial charge in [0.1, 0.15) is 5.75 Å². The van der Waals surface area contributed by atoms with Gasteiger partial charge < -0.3 is 14.7 Å². The summed E-state index contributed by atoms with van der Waals surface area (Å²) in [6, 6.07) is 4.38. The van der Waals surface area contributed by atoms with E-state index in [1.807, 2.05) is 0 Å². The van der Waals surface area contributed by atoms with Crippen molar-refractivity contribution in [2.75, 3.05) is 27.3 Å². The number of phenols is 1. The van der Waals surface area contributed by atoms with Crippen LogP contribution in [0.4, 0.5) is 0 Å². The van der Waals surface area contributed by atoms with E-state index in [9.17, 15) is 9.90 Å². The maximum atomic E-state index is 11.9. The van der Waals surface area contributed by atoms with E-state index in [4.69, 9.17) is 16.3 Å². The van der Waals surface area contributed by atoms with Crippen molar-refractivity contribution in [3.8, 4) is 5.75 Å². The van der Waals surface area contributed by atoms with E-state index in [-0.39, 0.29) is 17.2 Å². The number of aromatic hydroxyl groups is 1. The summed E-state index contributed by atoms with van der Waals surface area (Å²) in [4.78, 5) is 13.3. The molecule has 0 unspecified atom stereocenters. The fraction of sp³-hybridized carbons (Fsp3) is 0.364. The van der Waals surface area contributed by atoms with Crippen molar-refractivity contribution in [2.45, 2.75) is 0 Å². The van der Waals surface area contributed by atoms with E-state index in [1.54, 1.807) is 14.2 Å². The van der Waals surface area contributed by atoms with Crippen LogP contribution < -0.4 is 0 Å². The van der Waals surface area contributed by atoms with Gasteiger partial charge in [-0.3, -0.25) is 4.79 Å². The Morgan fingerprint density at radius 1 is 1.56 bits per heavy atom. The number of rotatable bonds is 4. The largest absolute Gasteiger partial charge is 0.507 e. The summed E-state index contributed by atoms with van der Waals surface area (Å²) < 4.78 is 4.87. The monoisotopic (exact) mass is 243 g/mol. The Labute approximate surface area is 99.4 Å². The van der Waals surface area contributed by atoms with Gasteiger partial charge in [-0.2, -0.15) is 0 Å². The van der Waals surface area contributed by atoms with Crippen molar-refractivity contribution < 1.29 is 14.6 Å². The Bertz CT molecular complexity index is 381. The average molecular weight is 244 g/mol. The molecule has 0 aliphatic carbocycles. The Kier molecular flexibility index (Phi) is 4.58. The number of halogens is 1. The molecule has 0 spiro atoms. The van der Waals surface area contributed by atoms with E-state index in [2.05, 4.69) is 0 Å². The van der Waals surface area contributed by atoms with E-state index in [0.717, 1.165) is 0 Å². The number of hydrogen-bond acceptors (Lipinski definition) is 3. The summed E-state index contributed by atoms with van der Waals surface area (Å²) in [5.41, 5.74) is 0.200. The van der Waals surface area contributed by atoms with Gasteiger partial charge in [-0.1, -0.05) is 11.6 Å². The predicted octanol–water partition coefficient (Wildman–Crippen LogP) is 1.76. The third-order valence-corrected chi connectivity index (χ3v) is 2.40. The lowest BCUT2D eigenvalue weighted by Gasteiger charge is -2.17. The van der Waals surface area contributed by atoms with Crippen molar-refractivity contribution in [2.24, 2.45) is 0 Å². The number of phenolic OH excluding ortho intramolecular Hbond substituents is 1. The molecule has 16 heavy (non-hydrogen) atoms. The molecule has 0 aromatic heterocycles. The second kappa shape index (κ2) is 5.72. The highest BCUT2D eigenvalue weighted by atomic mass is 35.5. The molecule has 0 saturated heterocycles. The third kappa shape index (κ3) is 3.12. The van der Waals surface area contributed by atoms with Gasteiger partial charge in [0.25, 0.3) is 5.91 Å². The summed E-state index contributed by atoms with van der Waals surface area (Å²) in [5.74, 6) is -0.351. The van der Waals surface area contributed by atoms with Crippen LogP contribution in [0, 0.1) is 0 Å². The summed E-state index contributed by atoms with van der Waals surface area (Å²) in [7, 11) is 3.21. The molecule has 1 aromatic carbocycles. The van der Waals surface area contributed by atoms with Crippen molar-refractivity contribution in [3.05, 3.63) is 28.8 Å². The summed E-state index contributed by atoms with van der Waals surface area (Å²) in [6.07, 6.45) is 0. The molecule has 4 nitrogen and oxygen atoms in total. The quantitative estimate of drug-likeness (QED) is 0.877. The summed E-state index contributed by atoms with van der Waals surface area (Å²) >= 11 is 5.76. The molecule has 1 N–H and O–H groups in total. The minimum absolute atomic E-state index is 0.0707. The molecule has 1 amide bonds. The lowest BCUT2D eigenvalue weighted by atomic mass is 10.2. The first-order chi connectivity index (χ1) is 7.56. The first-order valence-corrected chi connectivity index (χ1v) is 5.17. The van der Waals surface area contributed by atoms with Gasteiger partial charge in [-0.15, -0.1) is 0 Å². The molecule has 1 rings (SSSR count). The SMILES string of the molecule is COCCN(C)C(=O)c1cc(Cl)ccc1O. The Morgan fingerprint density at radius 3 is 2.88 bits per heavy atom. The van der Waals surface area contributed by atoms with E-state index in [0.29, 0.717) is 18.2 Å². The highest BCUT2D eigenvalue weighted by Crippen LogP contribution is 2.22. The molecule has 0 aliphatic heterocycles. The standard InChI is InChI=1S/C11H14ClNO3/c1-13(5-6-16-2)11(15)9-7-8(12)3-4-10(9)14/h3-4,7,14H,5-6H2,1-2H3. The molecular formula is C11H14ClNO3. The number of methoxy groups -OCH3 is 1. The number of ether oxygens (including phenoxy) is 1. The number of amides is 1. The van der Waals surface area contributed by atoms with Gasteiger partial charge in [0, 0.05) is 25.7 Å². The van der Waals surface area contributed by atoms with E-state index < -0.39 is 0 Å². The number of nitrogens with zero attached hydrogens (tertiary/aromatic N) is 1. The van der Waals surface area contributed by atoms with Crippen LogP contribution in [-0.2, 0) is 4.74 Å². The van der Waals surface area contributed by atoms with Crippen LogP contribution in [0.5, 0.6) is 5.75 Å². The first kappa shape index (κ1) is 12.8. The number of hydrogen-bond donors (Lipinski definition) is 1. The minimum Gasteiger partial charge on any atom is -0.507 e. The molecule has 0 aliphatic rings. The topological polar surface area (TPSA) is 49.8 Å². The van der Waals surface area contributed by atoms with Crippen molar-refractivity contribution >= 4 is 17.5 Å². The molecule has 0 saturated carbocycles. The molecular weight excluding hydrogens is 230 g/mol. The molecule has 88 valence electrons. The maximum absolute atomic E-state index is 11.9. The number of likely N-dealkylation sites (N-methyl/N-ethyl adjacent to an activating group) is 1. The zero-order valence-corrected chi connectivity index (χ0v) is 9.99. The van der Waals surface area contributed by atoms with Gasteiger partial charge in [0.05, 0.1) is 12.2 Å². The lowest BCUT2D eigenvalue weighted by molar-refractivity contribution is 0.0741. The Hall–Kier alpha value is -1.26. The van der Waals surface area contributed by atoms with Gasteiger partial charge in [0.15, 0.2) is 0 Å². The van der Waals surface area contributed by atoms with Gasteiger partial charge in [-0.05, 0) is 18.2 Å².